The second kappa shape index (κ2) is 10.2. The van der Waals surface area contributed by atoms with Crippen molar-refractivity contribution < 1.29 is 17.9 Å². The molecule has 0 bridgehead atoms. The lowest BCUT2D eigenvalue weighted by Crippen LogP contribution is -2.43. The van der Waals surface area contributed by atoms with E-state index in [4.69, 9.17) is 11.6 Å². The number of halogens is 2. The van der Waals surface area contributed by atoms with Crippen LogP contribution in [-0.2, 0) is 10.0 Å². The largest absolute Gasteiger partial charge is 0.395 e. The first-order valence-corrected chi connectivity index (χ1v) is 10.9. The van der Waals surface area contributed by atoms with E-state index in [0.29, 0.717) is 17.0 Å². The Kier molecular flexibility index (Phi) is 8.19. The molecule has 0 saturated carbocycles. The highest BCUT2D eigenvalue weighted by molar-refractivity contribution is 7.89. The van der Waals surface area contributed by atoms with Crippen LogP contribution in [0.5, 0.6) is 0 Å². The van der Waals surface area contributed by atoms with E-state index in [1.807, 2.05) is 13.8 Å². The molecule has 2 aromatic carbocycles. The lowest BCUT2D eigenvalue weighted by molar-refractivity contribution is 0.175. The molecule has 2 aromatic rings. The fraction of sp³-hybridized carbons (Fsp3) is 0.333. The van der Waals surface area contributed by atoms with E-state index >= 15 is 0 Å². The van der Waals surface area contributed by atoms with Crippen molar-refractivity contribution in [3.8, 4) is 0 Å². The Bertz CT molecular complexity index is 898. The predicted octanol–water partition coefficient (Wildman–Crippen LogP) is 4.59. The van der Waals surface area contributed by atoms with Gasteiger partial charge in [-0.1, -0.05) is 55.8 Å². The van der Waals surface area contributed by atoms with Crippen LogP contribution in [0, 0.1) is 11.7 Å². The number of hydrogen-bond donors (Lipinski definition) is 1. The molecule has 0 aliphatic carbocycles. The molecule has 152 valence electrons. The molecule has 0 saturated heterocycles. The summed E-state index contributed by atoms with van der Waals surface area (Å²) in [6.07, 6.45) is 3.63. The Hall–Kier alpha value is -1.73. The quantitative estimate of drug-likeness (QED) is 0.639. The fourth-order valence-corrected chi connectivity index (χ4v) is 4.61. The number of rotatable bonds is 9. The second-order valence-corrected chi connectivity index (χ2v) is 9.25. The van der Waals surface area contributed by atoms with Gasteiger partial charge in [0.15, 0.2) is 0 Å². The van der Waals surface area contributed by atoms with Gasteiger partial charge in [-0.15, -0.1) is 0 Å². The van der Waals surface area contributed by atoms with Crippen molar-refractivity contribution in [1.29, 1.82) is 0 Å². The lowest BCUT2D eigenvalue weighted by Gasteiger charge is -2.30. The molecule has 0 heterocycles. The maximum Gasteiger partial charge on any atom is 0.243 e. The van der Waals surface area contributed by atoms with Crippen LogP contribution in [0.2, 0.25) is 5.02 Å². The number of nitrogens with zero attached hydrogens (tertiary/aromatic N) is 1. The monoisotopic (exact) mass is 425 g/mol. The standard InChI is InChI=1S/C21H25ClFNO3S/c1-16(2)14-19(15-25)24(13-5-7-17-6-3-4-8-21(17)23)28(26,27)20-11-9-18(22)10-12-20/h3-12,16,19,25H,13-15H2,1-2H3/b7-5+. The number of aliphatic hydroxyl groups excluding tert-OH is 1. The molecule has 0 spiro atoms. The molecule has 4 nitrogen and oxygen atoms in total. The van der Waals surface area contributed by atoms with Gasteiger partial charge in [0.05, 0.1) is 11.5 Å². The molecule has 0 aliphatic rings. The summed E-state index contributed by atoms with van der Waals surface area (Å²) in [7, 11) is -3.87. The van der Waals surface area contributed by atoms with Gasteiger partial charge in [-0.25, -0.2) is 12.8 Å². The van der Waals surface area contributed by atoms with Crippen LogP contribution in [0.15, 0.2) is 59.5 Å². The first kappa shape index (κ1) is 22.6. The first-order chi connectivity index (χ1) is 13.3. The third kappa shape index (κ3) is 5.88. The van der Waals surface area contributed by atoms with Crippen LogP contribution in [-0.4, -0.2) is 37.0 Å². The highest BCUT2D eigenvalue weighted by Gasteiger charge is 2.30. The average molecular weight is 426 g/mol. The lowest BCUT2D eigenvalue weighted by atomic mass is 10.0. The molecule has 0 amide bonds. The number of benzene rings is 2. The van der Waals surface area contributed by atoms with E-state index in [1.165, 1.54) is 34.6 Å². The number of sulfonamides is 1. The minimum atomic E-state index is -3.87. The van der Waals surface area contributed by atoms with Gasteiger partial charge in [0.1, 0.15) is 5.82 Å². The van der Waals surface area contributed by atoms with Crippen molar-refractivity contribution in [2.45, 2.75) is 31.2 Å². The molecular formula is C21H25ClFNO3S. The minimum Gasteiger partial charge on any atom is -0.395 e. The van der Waals surface area contributed by atoms with E-state index in [1.54, 1.807) is 30.4 Å². The summed E-state index contributed by atoms with van der Waals surface area (Å²) in [4.78, 5) is 0.0957. The molecule has 0 aliphatic heterocycles. The van der Waals surface area contributed by atoms with Gasteiger partial charge in [-0.3, -0.25) is 0 Å². The van der Waals surface area contributed by atoms with Crippen LogP contribution in [0.25, 0.3) is 6.08 Å². The van der Waals surface area contributed by atoms with Gasteiger partial charge in [-0.05, 0) is 42.7 Å². The van der Waals surface area contributed by atoms with Crippen LogP contribution in [0.1, 0.15) is 25.8 Å². The van der Waals surface area contributed by atoms with Crippen LogP contribution in [0.3, 0.4) is 0 Å². The highest BCUT2D eigenvalue weighted by atomic mass is 35.5. The van der Waals surface area contributed by atoms with E-state index in [-0.39, 0.29) is 29.8 Å². The van der Waals surface area contributed by atoms with Gasteiger partial charge in [0.2, 0.25) is 10.0 Å². The number of hydrogen-bond acceptors (Lipinski definition) is 3. The van der Waals surface area contributed by atoms with Crippen LogP contribution >= 0.6 is 11.6 Å². The summed E-state index contributed by atoms with van der Waals surface area (Å²) in [5.41, 5.74) is 0.371. The molecule has 0 radical (unpaired) electrons. The maximum absolute atomic E-state index is 13.8. The SMILES string of the molecule is CC(C)CC(CO)N(C/C=C/c1ccccc1F)S(=O)(=O)c1ccc(Cl)cc1. The van der Waals surface area contributed by atoms with Gasteiger partial charge in [-0.2, -0.15) is 4.31 Å². The Morgan fingerprint density at radius 1 is 1.14 bits per heavy atom. The van der Waals surface area contributed by atoms with E-state index in [2.05, 4.69) is 0 Å². The molecule has 2 rings (SSSR count). The van der Waals surface area contributed by atoms with Crippen LogP contribution < -0.4 is 0 Å². The summed E-state index contributed by atoms with van der Waals surface area (Å²) in [5.74, 6) is -0.192. The Morgan fingerprint density at radius 3 is 2.36 bits per heavy atom. The average Bonchev–Trinajstić information content (AvgIpc) is 2.65. The first-order valence-electron chi connectivity index (χ1n) is 9.05. The molecule has 1 unspecified atom stereocenters. The third-order valence-corrected chi connectivity index (χ3v) is 6.45. The van der Waals surface area contributed by atoms with Crippen molar-refractivity contribution in [3.63, 3.8) is 0 Å². The molecule has 0 fully saturated rings. The Labute approximate surface area is 171 Å². The Balaban J connectivity index is 2.36. The van der Waals surface area contributed by atoms with Crippen molar-refractivity contribution in [2.75, 3.05) is 13.2 Å². The van der Waals surface area contributed by atoms with Crippen molar-refractivity contribution in [3.05, 3.63) is 71.0 Å². The van der Waals surface area contributed by atoms with Crippen molar-refractivity contribution in [1.82, 2.24) is 4.31 Å². The molecule has 1 N–H and O–H groups in total. The van der Waals surface area contributed by atoms with Gasteiger partial charge in [0.25, 0.3) is 0 Å². The summed E-state index contributed by atoms with van der Waals surface area (Å²) in [6.45, 7) is 3.63. The third-order valence-electron chi connectivity index (χ3n) is 4.27. The molecule has 7 heteroatoms. The molecule has 1 atom stereocenters. The zero-order chi connectivity index (χ0) is 20.7. The van der Waals surface area contributed by atoms with Gasteiger partial charge < -0.3 is 5.11 Å². The highest BCUT2D eigenvalue weighted by Crippen LogP contribution is 2.23. The van der Waals surface area contributed by atoms with Gasteiger partial charge >= 0.3 is 0 Å². The smallest absolute Gasteiger partial charge is 0.243 e. The van der Waals surface area contributed by atoms with E-state index in [9.17, 15) is 17.9 Å². The topological polar surface area (TPSA) is 57.6 Å². The van der Waals surface area contributed by atoms with Gasteiger partial charge in [0, 0.05) is 23.2 Å². The summed E-state index contributed by atoms with van der Waals surface area (Å²) >= 11 is 5.87. The zero-order valence-electron chi connectivity index (χ0n) is 15.9. The molecular weight excluding hydrogens is 401 g/mol. The van der Waals surface area contributed by atoms with E-state index < -0.39 is 16.1 Å². The predicted molar refractivity (Wildman–Crippen MR) is 111 cm³/mol. The van der Waals surface area contributed by atoms with Crippen LogP contribution in [0.4, 0.5) is 4.39 Å². The molecule has 28 heavy (non-hydrogen) atoms. The summed E-state index contributed by atoms with van der Waals surface area (Å²) in [5, 5.41) is 10.3. The maximum atomic E-state index is 13.8. The normalized spacial score (nSPS) is 13.5. The minimum absolute atomic E-state index is 0.0112. The zero-order valence-corrected chi connectivity index (χ0v) is 17.5. The van der Waals surface area contributed by atoms with Crippen molar-refractivity contribution >= 4 is 27.7 Å². The fourth-order valence-electron chi connectivity index (χ4n) is 2.91. The number of aliphatic hydroxyl groups is 1. The summed E-state index contributed by atoms with van der Waals surface area (Å²) < 4.78 is 41.5. The van der Waals surface area contributed by atoms with Crippen molar-refractivity contribution in [2.24, 2.45) is 5.92 Å². The van der Waals surface area contributed by atoms with E-state index in [0.717, 1.165) is 0 Å². The summed E-state index contributed by atoms with van der Waals surface area (Å²) in [6, 6.07) is 11.6. The second-order valence-electron chi connectivity index (χ2n) is 6.92. The molecule has 0 aromatic heterocycles. The Morgan fingerprint density at radius 2 is 1.79 bits per heavy atom.